The van der Waals surface area contributed by atoms with E-state index in [1.165, 1.54) is 10.8 Å². The fourth-order valence-corrected chi connectivity index (χ4v) is 5.07. The normalized spacial score (nSPS) is 10.7. The second-order valence-electron chi connectivity index (χ2n) is 6.95. The quantitative estimate of drug-likeness (QED) is 0.194. The Labute approximate surface area is 198 Å². The molecular formula is C23H19FN4OS3. The number of rotatable bonds is 5. The minimum absolute atomic E-state index is 0.0895. The van der Waals surface area contributed by atoms with Gasteiger partial charge in [0.15, 0.2) is 9.45 Å². The van der Waals surface area contributed by atoms with Crippen molar-refractivity contribution in [3.05, 3.63) is 89.2 Å². The zero-order valence-corrected chi connectivity index (χ0v) is 19.5. The van der Waals surface area contributed by atoms with Gasteiger partial charge >= 0.3 is 0 Å². The molecule has 0 bridgehead atoms. The molecule has 0 radical (unpaired) electrons. The van der Waals surface area contributed by atoms with Crippen molar-refractivity contribution < 1.29 is 9.18 Å². The van der Waals surface area contributed by atoms with Crippen LogP contribution in [0, 0.1) is 12.7 Å². The van der Waals surface area contributed by atoms with Crippen molar-refractivity contribution in [2.45, 2.75) is 17.0 Å². The fourth-order valence-electron chi connectivity index (χ4n) is 2.88. The number of nitrogens with one attached hydrogen (secondary N) is 3. The van der Waals surface area contributed by atoms with Gasteiger partial charge in [-0.25, -0.2) is 9.37 Å². The second kappa shape index (κ2) is 10.1. The van der Waals surface area contributed by atoms with Crippen LogP contribution in [0.3, 0.4) is 0 Å². The Bertz CT molecular complexity index is 1240. The van der Waals surface area contributed by atoms with Gasteiger partial charge < -0.3 is 5.32 Å². The molecule has 3 aromatic carbocycles. The number of hydrogen-bond donors (Lipinski definition) is 3. The van der Waals surface area contributed by atoms with Gasteiger partial charge in [-0.2, -0.15) is 0 Å². The molecule has 0 aliphatic carbocycles. The lowest BCUT2D eigenvalue weighted by atomic mass is 10.1. The van der Waals surface area contributed by atoms with E-state index in [2.05, 4.69) is 27.2 Å². The number of aryl methyl sites for hydroxylation is 1. The van der Waals surface area contributed by atoms with Gasteiger partial charge in [-0.3, -0.25) is 15.6 Å². The van der Waals surface area contributed by atoms with Crippen LogP contribution in [0.15, 0.2) is 71.1 Å². The number of benzene rings is 3. The van der Waals surface area contributed by atoms with Crippen LogP contribution in [-0.2, 0) is 5.75 Å². The van der Waals surface area contributed by atoms with Gasteiger partial charge in [-0.05, 0) is 66.7 Å². The number of thioether (sulfide) groups is 1. The maximum atomic E-state index is 13.8. The summed E-state index contributed by atoms with van der Waals surface area (Å²) in [6.45, 7) is 1.85. The smallest absolute Gasteiger partial charge is 0.269 e. The number of thiazole rings is 1. The number of halogens is 1. The zero-order chi connectivity index (χ0) is 22.5. The van der Waals surface area contributed by atoms with E-state index in [0.29, 0.717) is 5.56 Å². The van der Waals surface area contributed by atoms with E-state index in [-0.39, 0.29) is 16.7 Å². The summed E-state index contributed by atoms with van der Waals surface area (Å²) in [5.41, 5.74) is 8.83. The van der Waals surface area contributed by atoms with Crippen LogP contribution in [-0.4, -0.2) is 16.0 Å². The molecule has 162 valence electrons. The predicted molar refractivity (Wildman–Crippen MR) is 134 cm³/mol. The van der Waals surface area contributed by atoms with Crippen LogP contribution < -0.4 is 16.2 Å². The van der Waals surface area contributed by atoms with Crippen LogP contribution in [0.4, 0.5) is 10.1 Å². The molecule has 0 spiro atoms. The first-order chi connectivity index (χ1) is 15.5. The zero-order valence-electron chi connectivity index (χ0n) is 17.0. The monoisotopic (exact) mass is 482 g/mol. The third-order valence-corrected chi connectivity index (χ3v) is 6.97. The molecule has 1 aromatic heterocycles. The first-order valence-corrected chi connectivity index (χ1v) is 11.9. The number of amides is 1. The highest BCUT2D eigenvalue weighted by molar-refractivity contribution is 8.00. The summed E-state index contributed by atoms with van der Waals surface area (Å²) in [5, 5.41) is 2.82. The van der Waals surface area contributed by atoms with Gasteiger partial charge in [0, 0.05) is 11.3 Å². The van der Waals surface area contributed by atoms with E-state index in [9.17, 15) is 9.18 Å². The Morgan fingerprint density at radius 1 is 1.09 bits per heavy atom. The number of hydrazine groups is 1. The van der Waals surface area contributed by atoms with Crippen molar-refractivity contribution in [2.24, 2.45) is 0 Å². The summed E-state index contributed by atoms with van der Waals surface area (Å²) < 4.78 is 16.0. The van der Waals surface area contributed by atoms with Crippen LogP contribution in [0.25, 0.3) is 10.2 Å². The predicted octanol–water partition coefficient (Wildman–Crippen LogP) is 5.67. The van der Waals surface area contributed by atoms with Crippen LogP contribution >= 0.6 is 35.3 Å². The highest BCUT2D eigenvalue weighted by atomic mass is 32.2. The number of nitrogens with zero attached hydrogens (tertiary/aromatic N) is 1. The van der Waals surface area contributed by atoms with Gasteiger partial charge in [0.2, 0.25) is 0 Å². The van der Waals surface area contributed by atoms with Crippen LogP contribution in [0.1, 0.15) is 21.5 Å². The Kier molecular flexibility index (Phi) is 6.99. The maximum absolute atomic E-state index is 13.8. The molecule has 32 heavy (non-hydrogen) atoms. The van der Waals surface area contributed by atoms with E-state index in [1.807, 2.05) is 37.3 Å². The van der Waals surface area contributed by atoms with Gasteiger partial charge in [0.05, 0.1) is 15.9 Å². The van der Waals surface area contributed by atoms with Crippen molar-refractivity contribution >= 4 is 62.2 Å². The number of carbonyl (C=O) groups excluding carboxylic acids is 1. The summed E-state index contributed by atoms with van der Waals surface area (Å²) >= 11 is 8.46. The van der Waals surface area contributed by atoms with Crippen molar-refractivity contribution in [1.29, 1.82) is 0 Å². The number of para-hydroxylation sites is 1. The minimum Gasteiger partial charge on any atom is -0.329 e. The first kappa shape index (κ1) is 22.2. The molecule has 1 heterocycles. The van der Waals surface area contributed by atoms with E-state index in [0.717, 1.165) is 26.7 Å². The number of hydrogen-bond acceptors (Lipinski definition) is 5. The first-order valence-electron chi connectivity index (χ1n) is 9.69. The molecular weight excluding hydrogens is 463 g/mol. The lowest BCUT2D eigenvalue weighted by Gasteiger charge is -2.12. The van der Waals surface area contributed by atoms with E-state index < -0.39 is 5.82 Å². The summed E-state index contributed by atoms with van der Waals surface area (Å²) in [5.74, 6) is -0.00891. The summed E-state index contributed by atoms with van der Waals surface area (Å²) in [7, 11) is 0. The molecule has 0 atom stereocenters. The van der Waals surface area contributed by atoms with Gasteiger partial charge in [-0.1, -0.05) is 42.1 Å². The Morgan fingerprint density at radius 3 is 2.66 bits per heavy atom. The Morgan fingerprint density at radius 2 is 1.88 bits per heavy atom. The van der Waals surface area contributed by atoms with Gasteiger partial charge in [-0.15, -0.1) is 11.3 Å². The second-order valence-corrected chi connectivity index (χ2v) is 9.61. The van der Waals surface area contributed by atoms with E-state index in [4.69, 9.17) is 12.2 Å². The number of carbonyl (C=O) groups is 1. The molecule has 0 saturated carbocycles. The van der Waals surface area contributed by atoms with Crippen molar-refractivity contribution in [2.75, 3.05) is 5.32 Å². The highest BCUT2D eigenvalue weighted by Crippen LogP contribution is 2.31. The summed E-state index contributed by atoms with van der Waals surface area (Å²) in [6.07, 6.45) is 0. The number of thiocarbonyl (C=S) groups is 1. The van der Waals surface area contributed by atoms with E-state index >= 15 is 0 Å². The van der Waals surface area contributed by atoms with Gasteiger partial charge in [0.25, 0.3) is 5.91 Å². The van der Waals surface area contributed by atoms with Crippen LogP contribution in [0.2, 0.25) is 0 Å². The maximum Gasteiger partial charge on any atom is 0.269 e. The third-order valence-electron chi connectivity index (χ3n) is 4.51. The van der Waals surface area contributed by atoms with Gasteiger partial charge in [0.1, 0.15) is 5.82 Å². The molecule has 3 N–H and O–H groups in total. The average molecular weight is 483 g/mol. The molecule has 0 aliphatic rings. The Hall–Kier alpha value is -3.01. The number of anilines is 1. The topological polar surface area (TPSA) is 66.0 Å². The number of aromatic nitrogens is 1. The summed E-state index contributed by atoms with van der Waals surface area (Å²) in [4.78, 5) is 17.0. The minimum atomic E-state index is -0.426. The molecule has 0 unspecified atom stereocenters. The van der Waals surface area contributed by atoms with Crippen molar-refractivity contribution in [3.63, 3.8) is 0 Å². The number of fused-ring (bicyclic) bond motifs is 1. The molecule has 4 aromatic rings. The molecule has 5 nitrogen and oxygen atoms in total. The molecule has 1 amide bonds. The molecule has 0 aliphatic heterocycles. The van der Waals surface area contributed by atoms with Crippen molar-refractivity contribution in [3.8, 4) is 0 Å². The fraction of sp³-hybridized carbons (Fsp3) is 0.0870. The molecule has 0 fully saturated rings. The third kappa shape index (κ3) is 5.61. The average Bonchev–Trinajstić information content (AvgIpc) is 3.22. The lowest BCUT2D eigenvalue weighted by molar-refractivity contribution is 0.0944. The van der Waals surface area contributed by atoms with Crippen molar-refractivity contribution in [1.82, 2.24) is 15.8 Å². The van der Waals surface area contributed by atoms with Crippen LogP contribution in [0.5, 0.6) is 0 Å². The molecule has 9 heteroatoms. The molecule has 0 saturated heterocycles. The summed E-state index contributed by atoms with van der Waals surface area (Å²) in [6, 6.07) is 20.1. The largest absolute Gasteiger partial charge is 0.329 e. The highest BCUT2D eigenvalue weighted by Gasteiger charge is 2.09. The van der Waals surface area contributed by atoms with E-state index in [1.54, 1.807) is 47.4 Å². The Balaban J connectivity index is 1.28. The SMILES string of the molecule is Cc1ccc(F)c(NC(=S)NNC(=O)c2ccc(CSc3nc4ccccc4s3)cc2)c1. The standard InChI is InChI=1S/C23H19FN4OS3/c1-14-6-11-17(24)19(12-14)25-22(30)28-27-21(29)16-9-7-15(8-10-16)13-31-23-26-18-4-2-3-5-20(18)32-23/h2-12H,13H2,1H3,(H,27,29)(H2,25,28,30). The molecule has 4 rings (SSSR count). The lowest BCUT2D eigenvalue weighted by Crippen LogP contribution is -2.43.